The second-order valence-electron chi connectivity index (χ2n) is 3.29. The zero-order valence-corrected chi connectivity index (χ0v) is 8.60. The van der Waals surface area contributed by atoms with E-state index in [1.165, 1.54) is 0 Å². The molecule has 0 amide bonds. The van der Waals surface area contributed by atoms with Crippen molar-refractivity contribution in [2.24, 2.45) is 4.36 Å². The molecule has 0 radical (unpaired) electrons. The summed E-state index contributed by atoms with van der Waals surface area (Å²) in [6.45, 7) is 2.56. The topological polar surface area (TPSA) is 42.3 Å². The molecule has 4 heteroatoms. The third-order valence-electron chi connectivity index (χ3n) is 2.26. The highest BCUT2D eigenvalue weighted by atomic mass is 32.2. The molecule has 0 N–H and O–H groups in total. The van der Waals surface area contributed by atoms with Gasteiger partial charge in [-0.15, -0.1) is 0 Å². The van der Waals surface area contributed by atoms with Crippen molar-refractivity contribution in [1.29, 1.82) is 0 Å². The first kappa shape index (κ1) is 8.69. The van der Waals surface area contributed by atoms with Gasteiger partial charge < -0.3 is 0 Å². The maximum atomic E-state index is 12.0. The Hall–Kier alpha value is -0.900. The largest absolute Gasteiger partial charge is 0.260 e. The number of hydrogen-bond donors (Lipinski definition) is 0. The van der Waals surface area contributed by atoms with Crippen LogP contribution in [-0.4, -0.2) is 22.0 Å². The van der Waals surface area contributed by atoms with Gasteiger partial charge >= 0.3 is 0 Å². The van der Waals surface area contributed by atoms with Crippen molar-refractivity contribution in [3.05, 3.63) is 23.5 Å². The molecule has 2 rings (SSSR count). The Morgan fingerprint density at radius 2 is 2.31 bits per heavy atom. The molecule has 0 aromatic carbocycles. The minimum atomic E-state index is -2.16. The molecule has 0 spiro atoms. The lowest BCUT2D eigenvalue weighted by molar-refractivity contribution is 0.672. The average molecular weight is 196 g/mol. The summed E-state index contributed by atoms with van der Waals surface area (Å²) < 4.78 is 16.2. The Bertz CT molecular complexity index is 459. The normalized spacial score (nSPS) is 26.3. The molecule has 2 heterocycles. The van der Waals surface area contributed by atoms with Crippen LogP contribution in [0.3, 0.4) is 0 Å². The highest BCUT2D eigenvalue weighted by molar-refractivity contribution is 7.93. The second-order valence-corrected chi connectivity index (χ2v) is 5.56. The van der Waals surface area contributed by atoms with Crippen LogP contribution < -0.4 is 0 Å². The van der Waals surface area contributed by atoms with E-state index >= 15 is 0 Å². The smallest absolute Gasteiger partial charge is 0.0743 e. The summed E-state index contributed by atoms with van der Waals surface area (Å²) in [7, 11) is -2.16. The first-order chi connectivity index (χ1) is 6.11. The summed E-state index contributed by atoms with van der Waals surface area (Å²) in [5.74, 6) is 0. The monoisotopic (exact) mass is 196 g/mol. The number of hydrogen-bond acceptors (Lipinski definition) is 3. The van der Waals surface area contributed by atoms with Gasteiger partial charge in [-0.3, -0.25) is 4.98 Å². The number of nitrogens with zero attached hydrogens (tertiary/aromatic N) is 2. The van der Waals surface area contributed by atoms with Crippen molar-refractivity contribution >= 4 is 9.73 Å². The molecule has 1 aliphatic rings. The van der Waals surface area contributed by atoms with Crippen molar-refractivity contribution in [1.82, 2.24) is 4.98 Å². The number of pyridine rings is 1. The van der Waals surface area contributed by atoms with Gasteiger partial charge in [0.2, 0.25) is 0 Å². The summed E-state index contributed by atoms with van der Waals surface area (Å²) in [6, 6.07) is 1.94. The van der Waals surface area contributed by atoms with Gasteiger partial charge in [0.15, 0.2) is 0 Å². The zero-order chi connectivity index (χ0) is 9.47. The summed E-state index contributed by atoms with van der Waals surface area (Å²) >= 11 is 0. The number of rotatable bonds is 0. The lowest BCUT2D eigenvalue weighted by atomic mass is 10.2. The van der Waals surface area contributed by atoms with Crippen molar-refractivity contribution in [2.45, 2.75) is 18.2 Å². The minimum Gasteiger partial charge on any atom is -0.260 e. The maximum absolute atomic E-state index is 12.0. The Balaban J connectivity index is 2.80. The van der Waals surface area contributed by atoms with Crippen LogP contribution in [0.1, 0.15) is 11.3 Å². The SMILES string of the molecule is Cc1nccc2c1S(C)(=O)=NCC2. The van der Waals surface area contributed by atoms with Crippen LogP contribution in [0.4, 0.5) is 0 Å². The van der Waals surface area contributed by atoms with Crippen molar-refractivity contribution in [3.63, 3.8) is 0 Å². The van der Waals surface area contributed by atoms with Gasteiger partial charge in [-0.05, 0) is 25.0 Å². The lowest BCUT2D eigenvalue weighted by Crippen LogP contribution is -2.13. The Morgan fingerprint density at radius 3 is 3.00 bits per heavy atom. The maximum Gasteiger partial charge on any atom is 0.0743 e. The van der Waals surface area contributed by atoms with Gasteiger partial charge in [-0.25, -0.2) is 8.57 Å². The van der Waals surface area contributed by atoms with Gasteiger partial charge in [-0.1, -0.05) is 0 Å². The van der Waals surface area contributed by atoms with E-state index in [2.05, 4.69) is 9.35 Å². The highest BCUT2D eigenvalue weighted by Crippen LogP contribution is 2.24. The van der Waals surface area contributed by atoms with E-state index in [1.807, 2.05) is 13.0 Å². The molecule has 1 unspecified atom stereocenters. The van der Waals surface area contributed by atoms with Crippen LogP contribution in [0.2, 0.25) is 0 Å². The summed E-state index contributed by atoms with van der Waals surface area (Å²) in [6.07, 6.45) is 4.36. The van der Waals surface area contributed by atoms with Gasteiger partial charge in [-0.2, -0.15) is 0 Å². The molecular formula is C9H12N2OS. The van der Waals surface area contributed by atoms with Crippen LogP contribution in [0.5, 0.6) is 0 Å². The molecule has 0 fully saturated rings. The quantitative estimate of drug-likeness (QED) is 0.629. The highest BCUT2D eigenvalue weighted by Gasteiger charge is 2.18. The first-order valence-electron chi connectivity index (χ1n) is 4.24. The van der Waals surface area contributed by atoms with Gasteiger partial charge in [0.05, 0.1) is 26.9 Å². The van der Waals surface area contributed by atoms with E-state index in [9.17, 15) is 4.21 Å². The van der Waals surface area contributed by atoms with Crippen LogP contribution in [0.15, 0.2) is 21.5 Å². The standard InChI is InChI=1S/C9H12N2OS/c1-7-9-8(3-5-10-7)4-6-11-13(9,2)12/h3,5H,4,6H2,1-2H3. The van der Waals surface area contributed by atoms with E-state index in [-0.39, 0.29) is 0 Å². The average Bonchev–Trinajstić information content (AvgIpc) is 2.02. The molecular weight excluding hydrogens is 184 g/mol. The fraction of sp³-hybridized carbons (Fsp3) is 0.444. The molecule has 3 nitrogen and oxygen atoms in total. The number of fused-ring (bicyclic) bond motifs is 1. The van der Waals surface area contributed by atoms with Gasteiger partial charge in [0, 0.05) is 12.5 Å². The van der Waals surface area contributed by atoms with Crippen molar-refractivity contribution in [3.8, 4) is 0 Å². The van der Waals surface area contributed by atoms with E-state index in [4.69, 9.17) is 0 Å². The molecule has 1 atom stereocenters. The van der Waals surface area contributed by atoms with E-state index < -0.39 is 9.73 Å². The summed E-state index contributed by atoms with van der Waals surface area (Å²) in [5.41, 5.74) is 2.00. The molecule has 0 aliphatic carbocycles. The molecule has 1 aromatic heterocycles. The van der Waals surface area contributed by atoms with Crippen LogP contribution >= 0.6 is 0 Å². The Kier molecular flexibility index (Phi) is 1.87. The predicted octanol–water partition coefficient (Wildman–Crippen LogP) is 1.40. The Labute approximate surface area is 78.4 Å². The molecule has 1 aliphatic heterocycles. The molecule has 13 heavy (non-hydrogen) atoms. The van der Waals surface area contributed by atoms with Crippen molar-refractivity contribution in [2.75, 3.05) is 12.8 Å². The first-order valence-corrected chi connectivity index (χ1v) is 6.16. The molecule has 0 saturated carbocycles. The summed E-state index contributed by atoms with van der Waals surface area (Å²) in [4.78, 5) is 5.01. The minimum absolute atomic E-state index is 0.672. The molecule has 70 valence electrons. The van der Waals surface area contributed by atoms with Crippen LogP contribution in [-0.2, 0) is 16.1 Å². The van der Waals surface area contributed by atoms with E-state index in [0.29, 0.717) is 6.54 Å². The van der Waals surface area contributed by atoms with Gasteiger partial charge in [0.1, 0.15) is 0 Å². The summed E-state index contributed by atoms with van der Waals surface area (Å²) in [5, 5.41) is 0. The van der Waals surface area contributed by atoms with Crippen molar-refractivity contribution < 1.29 is 4.21 Å². The fourth-order valence-electron chi connectivity index (χ4n) is 1.72. The molecule has 0 saturated heterocycles. The molecule has 0 bridgehead atoms. The van der Waals surface area contributed by atoms with E-state index in [0.717, 1.165) is 22.6 Å². The third-order valence-corrected chi connectivity index (χ3v) is 4.25. The fourth-order valence-corrected chi connectivity index (χ4v) is 3.55. The van der Waals surface area contributed by atoms with E-state index in [1.54, 1.807) is 12.5 Å². The molecule has 1 aromatic rings. The van der Waals surface area contributed by atoms with Crippen LogP contribution in [0, 0.1) is 6.92 Å². The van der Waals surface area contributed by atoms with Gasteiger partial charge in [0.25, 0.3) is 0 Å². The lowest BCUT2D eigenvalue weighted by Gasteiger charge is -2.16. The van der Waals surface area contributed by atoms with Crippen LogP contribution in [0.25, 0.3) is 0 Å². The second kappa shape index (κ2) is 2.80. The predicted molar refractivity (Wildman–Crippen MR) is 52.3 cm³/mol. The number of aromatic nitrogens is 1. The zero-order valence-electron chi connectivity index (χ0n) is 7.78. The number of aryl methyl sites for hydroxylation is 1. The third kappa shape index (κ3) is 1.35. The Morgan fingerprint density at radius 1 is 1.54 bits per heavy atom.